The lowest BCUT2D eigenvalue weighted by Crippen LogP contribution is -2.45. The molecule has 3 rings (SSSR count). The Labute approximate surface area is 118 Å². The third-order valence-electron chi connectivity index (χ3n) is 4.32. The molecule has 1 N–H and O–H groups in total. The zero-order chi connectivity index (χ0) is 13.4. The molecule has 2 aliphatic heterocycles. The van der Waals surface area contributed by atoms with Crippen LogP contribution in [0, 0.1) is 0 Å². The lowest BCUT2D eigenvalue weighted by Gasteiger charge is -2.39. The Morgan fingerprint density at radius 3 is 2.63 bits per heavy atom. The maximum absolute atomic E-state index is 9.90. The van der Waals surface area contributed by atoms with Gasteiger partial charge in [-0.3, -0.25) is 0 Å². The van der Waals surface area contributed by atoms with Gasteiger partial charge >= 0.3 is 0 Å². The molecule has 2 aliphatic rings. The second kappa shape index (κ2) is 5.25. The fraction of sp³-hybridized carbons (Fsp3) is 0.714. The minimum absolute atomic E-state index is 0.152. The molecule has 2 saturated heterocycles. The Hall–Kier alpha value is -0.870. The van der Waals surface area contributed by atoms with Crippen LogP contribution >= 0.6 is 11.6 Å². The molecule has 104 valence electrons. The van der Waals surface area contributed by atoms with E-state index in [1.54, 1.807) is 6.33 Å². The molecule has 3 heterocycles. The third kappa shape index (κ3) is 2.32. The molecule has 19 heavy (non-hydrogen) atoms. The van der Waals surface area contributed by atoms with Crippen molar-refractivity contribution in [3.05, 3.63) is 17.0 Å². The van der Waals surface area contributed by atoms with Crippen molar-refractivity contribution in [2.24, 2.45) is 0 Å². The van der Waals surface area contributed by atoms with Gasteiger partial charge in [-0.15, -0.1) is 0 Å². The molecule has 0 amide bonds. The summed E-state index contributed by atoms with van der Waals surface area (Å²) in [5.74, 6) is 1.00. The van der Waals surface area contributed by atoms with Gasteiger partial charge in [0.05, 0.1) is 6.10 Å². The van der Waals surface area contributed by atoms with Crippen molar-refractivity contribution in [2.45, 2.75) is 63.6 Å². The van der Waals surface area contributed by atoms with Crippen LogP contribution in [0.1, 0.15) is 44.6 Å². The highest BCUT2D eigenvalue weighted by atomic mass is 35.5. The molecule has 2 atom stereocenters. The molecule has 0 aromatic carbocycles. The van der Waals surface area contributed by atoms with Crippen LogP contribution in [0.15, 0.2) is 6.33 Å². The topological polar surface area (TPSA) is 49.2 Å². The summed E-state index contributed by atoms with van der Waals surface area (Å²) in [6.07, 6.45) is 7.35. The molecule has 1 aromatic rings. The lowest BCUT2D eigenvalue weighted by atomic mass is 9.99. The van der Waals surface area contributed by atoms with E-state index in [-0.39, 0.29) is 6.10 Å². The van der Waals surface area contributed by atoms with E-state index in [9.17, 15) is 5.11 Å². The maximum Gasteiger partial charge on any atom is 0.137 e. The van der Waals surface area contributed by atoms with Crippen LogP contribution in [0.5, 0.6) is 0 Å². The highest BCUT2D eigenvalue weighted by Gasteiger charge is 2.41. The number of anilines is 1. The van der Waals surface area contributed by atoms with Crippen molar-refractivity contribution in [1.29, 1.82) is 0 Å². The van der Waals surface area contributed by atoms with Gasteiger partial charge in [-0.2, -0.15) is 0 Å². The summed E-state index contributed by atoms with van der Waals surface area (Å²) < 4.78 is 0. The summed E-state index contributed by atoms with van der Waals surface area (Å²) in [6.45, 7) is 2.14. The summed E-state index contributed by atoms with van der Waals surface area (Å²) in [4.78, 5) is 11.0. The zero-order valence-corrected chi connectivity index (χ0v) is 12.0. The number of hydrogen-bond donors (Lipinski definition) is 1. The van der Waals surface area contributed by atoms with Crippen molar-refractivity contribution in [2.75, 3.05) is 4.90 Å². The van der Waals surface area contributed by atoms with Crippen LogP contribution in [0.25, 0.3) is 0 Å². The van der Waals surface area contributed by atoms with Crippen molar-refractivity contribution >= 4 is 17.4 Å². The first kappa shape index (κ1) is 13.1. The van der Waals surface area contributed by atoms with Gasteiger partial charge in [0.2, 0.25) is 0 Å². The van der Waals surface area contributed by atoms with Gasteiger partial charge in [0, 0.05) is 17.6 Å². The lowest BCUT2D eigenvalue weighted by molar-refractivity contribution is 0.126. The second-order valence-corrected chi connectivity index (χ2v) is 5.99. The Bertz CT molecular complexity index is 454. The molecular formula is C14H20ClN3O. The van der Waals surface area contributed by atoms with Crippen molar-refractivity contribution in [1.82, 2.24) is 9.97 Å². The first-order chi connectivity index (χ1) is 9.20. The van der Waals surface area contributed by atoms with E-state index in [2.05, 4.69) is 21.8 Å². The number of nitrogens with zero attached hydrogens (tertiary/aromatic N) is 3. The molecule has 1 aromatic heterocycles. The van der Waals surface area contributed by atoms with E-state index in [1.165, 1.54) is 0 Å². The molecule has 0 radical (unpaired) electrons. The molecule has 0 spiro atoms. The van der Waals surface area contributed by atoms with Gasteiger partial charge in [-0.25, -0.2) is 9.97 Å². The SMILES string of the molecule is CCCc1c(Cl)ncnc1N1C2CCC1CC(O)C2. The van der Waals surface area contributed by atoms with Crippen LogP contribution in [-0.2, 0) is 6.42 Å². The van der Waals surface area contributed by atoms with Crippen LogP contribution in [-0.4, -0.2) is 33.3 Å². The predicted molar refractivity (Wildman–Crippen MR) is 75.6 cm³/mol. The third-order valence-corrected chi connectivity index (χ3v) is 4.65. The maximum atomic E-state index is 9.90. The molecule has 2 unspecified atom stereocenters. The fourth-order valence-electron chi connectivity index (χ4n) is 3.56. The van der Waals surface area contributed by atoms with Crippen LogP contribution in [0.3, 0.4) is 0 Å². The van der Waals surface area contributed by atoms with E-state index >= 15 is 0 Å². The summed E-state index contributed by atoms with van der Waals surface area (Å²) in [6, 6.07) is 0.825. The number of fused-ring (bicyclic) bond motifs is 2. The number of rotatable bonds is 3. The van der Waals surface area contributed by atoms with Crippen molar-refractivity contribution < 1.29 is 5.11 Å². The Kier molecular flexibility index (Phi) is 3.63. The van der Waals surface area contributed by atoms with Gasteiger partial charge in [0.25, 0.3) is 0 Å². The number of halogens is 1. The van der Waals surface area contributed by atoms with E-state index in [1.807, 2.05) is 0 Å². The molecule has 2 bridgehead atoms. The first-order valence-electron chi connectivity index (χ1n) is 7.16. The molecular weight excluding hydrogens is 262 g/mol. The summed E-state index contributed by atoms with van der Waals surface area (Å²) in [5.41, 5.74) is 1.07. The number of hydrogen-bond acceptors (Lipinski definition) is 4. The number of aliphatic hydroxyl groups is 1. The zero-order valence-electron chi connectivity index (χ0n) is 11.2. The average molecular weight is 282 g/mol. The number of aliphatic hydroxyl groups excluding tert-OH is 1. The monoisotopic (exact) mass is 281 g/mol. The second-order valence-electron chi connectivity index (χ2n) is 5.63. The van der Waals surface area contributed by atoms with Gasteiger partial charge in [-0.1, -0.05) is 24.9 Å². The smallest absolute Gasteiger partial charge is 0.137 e. The Morgan fingerprint density at radius 2 is 2.00 bits per heavy atom. The summed E-state index contributed by atoms with van der Waals surface area (Å²) in [7, 11) is 0. The average Bonchev–Trinajstić information content (AvgIpc) is 2.64. The van der Waals surface area contributed by atoms with Gasteiger partial charge in [0.15, 0.2) is 0 Å². The molecule has 0 aliphatic carbocycles. The van der Waals surface area contributed by atoms with Crippen molar-refractivity contribution in [3.8, 4) is 0 Å². The van der Waals surface area contributed by atoms with Crippen LogP contribution < -0.4 is 4.90 Å². The van der Waals surface area contributed by atoms with Gasteiger partial charge in [0.1, 0.15) is 17.3 Å². The first-order valence-corrected chi connectivity index (χ1v) is 7.54. The normalized spacial score (nSPS) is 29.8. The quantitative estimate of drug-likeness (QED) is 0.865. The highest BCUT2D eigenvalue weighted by molar-refractivity contribution is 6.30. The van der Waals surface area contributed by atoms with E-state index < -0.39 is 0 Å². The summed E-state index contributed by atoms with van der Waals surface area (Å²) in [5, 5.41) is 10.5. The summed E-state index contributed by atoms with van der Waals surface area (Å²) >= 11 is 6.24. The molecule has 2 fully saturated rings. The largest absolute Gasteiger partial charge is 0.393 e. The van der Waals surface area contributed by atoms with Crippen LogP contribution in [0.2, 0.25) is 5.15 Å². The highest BCUT2D eigenvalue weighted by Crippen LogP contribution is 2.40. The van der Waals surface area contributed by atoms with E-state index in [0.717, 1.165) is 49.9 Å². The van der Waals surface area contributed by atoms with E-state index in [0.29, 0.717) is 17.2 Å². The van der Waals surface area contributed by atoms with E-state index in [4.69, 9.17) is 11.6 Å². The number of aromatic nitrogens is 2. The minimum atomic E-state index is -0.152. The molecule has 0 saturated carbocycles. The standard InChI is InChI=1S/C14H20ClN3O/c1-2-3-12-13(15)16-8-17-14(12)18-9-4-5-10(18)7-11(19)6-9/h8-11,19H,2-7H2,1H3. The Balaban J connectivity index is 1.96. The Morgan fingerprint density at radius 1 is 1.32 bits per heavy atom. The predicted octanol–water partition coefficient (Wildman–Crippen LogP) is 2.57. The molecule has 5 heteroatoms. The molecule has 4 nitrogen and oxygen atoms in total. The van der Waals surface area contributed by atoms with Crippen LogP contribution in [0.4, 0.5) is 5.82 Å². The minimum Gasteiger partial charge on any atom is -0.393 e. The van der Waals surface area contributed by atoms with Gasteiger partial charge in [-0.05, 0) is 32.1 Å². The van der Waals surface area contributed by atoms with Gasteiger partial charge < -0.3 is 10.0 Å². The number of piperidine rings is 1. The van der Waals surface area contributed by atoms with Crippen molar-refractivity contribution in [3.63, 3.8) is 0 Å². The fourth-order valence-corrected chi connectivity index (χ4v) is 3.79.